The minimum absolute atomic E-state index is 0.117. The van der Waals surface area contributed by atoms with Crippen molar-refractivity contribution in [1.82, 2.24) is 4.31 Å². The third-order valence-corrected chi connectivity index (χ3v) is 7.79. The molecule has 1 N–H and O–H groups in total. The highest BCUT2D eigenvalue weighted by Crippen LogP contribution is 2.24. The Labute approximate surface area is 190 Å². The summed E-state index contributed by atoms with van der Waals surface area (Å²) >= 11 is 0. The zero-order valence-electron chi connectivity index (χ0n) is 18.7. The largest absolute Gasteiger partial charge is 0.373 e. The Morgan fingerprint density at radius 3 is 2.28 bits per heavy atom. The molecule has 7 nitrogen and oxygen atoms in total. The molecule has 8 heteroatoms. The van der Waals surface area contributed by atoms with E-state index in [0.717, 1.165) is 18.8 Å². The van der Waals surface area contributed by atoms with Gasteiger partial charge in [0.1, 0.15) is 0 Å². The monoisotopic (exact) mass is 457 g/mol. The first-order valence-corrected chi connectivity index (χ1v) is 12.7. The molecule has 32 heavy (non-hydrogen) atoms. The second-order valence-electron chi connectivity index (χ2n) is 8.66. The molecule has 2 unspecified atom stereocenters. The highest BCUT2D eigenvalue weighted by molar-refractivity contribution is 7.89. The smallest absolute Gasteiger partial charge is 0.255 e. The zero-order valence-corrected chi connectivity index (χ0v) is 19.5. The fourth-order valence-corrected chi connectivity index (χ4v) is 6.02. The van der Waals surface area contributed by atoms with Crippen LogP contribution in [-0.4, -0.2) is 57.0 Å². The summed E-state index contributed by atoms with van der Waals surface area (Å²) < 4.78 is 33.3. The number of nitrogens with zero attached hydrogens (tertiary/aromatic N) is 2. The summed E-state index contributed by atoms with van der Waals surface area (Å²) in [7, 11) is -3.71. The number of anilines is 2. The molecule has 0 radical (unpaired) electrons. The van der Waals surface area contributed by atoms with Crippen molar-refractivity contribution < 1.29 is 17.9 Å². The van der Waals surface area contributed by atoms with Gasteiger partial charge in [0, 0.05) is 43.1 Å². The Morgan fingerprint density at radius 2 is 1.62 bits per heavy atom. The second kappa shape index (κ2) is 9.60. The Balaban J connectivity index is 1.46. The number of hydrogen-bond acceptors (Lipinski definition) is 5. The first kappa shape index (κ1) is 22.8. The van der Waals surface area contributed by atoms with Crippen LogP contribution in [0, 0.1) is 0 Å². The van der Waals surface area contributed by atoms with Gasteiger partial charge in [0.25, 0.3) is 5.91 Å². The van der Waals surface area contributed by atoms with Crippen molar-refractivity contribution in [2.24, 2.45) is 0 Å². The van der Waals surface area contributed by atoms with E-state index in [1.54, 1.807) is 12.1 Å². The Morgan fingerprint density at radius 1 is 0.969 bits per heavy atom. The maximum absolute atomic E-state index is 13.1. The highest BCUT2D eigenvalue weighted by atomic mass is 32.2. The van der Waals surface area contributed by atoms with Crippen molar-refractivity contribution in [2.75, 3.05) is 36.4 Å². The molecule has 0 aromatic heterocycles. The maximum atomic E-state index is 13.1. The molecule has 1 amide bonds. The van der Waals surface area contributed by atoms with Crippen LogP contribution in [0.15, 0.2) is 53.4 Å². The first-order chi connectivity index (χ1) is 15.3. The predicted molar refractivity (Wildman–Crippen MR) is 126 cm³/mol. The number of hydrogen-bond donors (Lipinski definition) is 1. The molecule has 2 aliphatic rings. The lowest BCUT2D eigenvalue weighted by Gasteiger charge is -2.34. The van der Waals surface area contributed by atoms with Gasteiger partial charge in [-0.05, 0) is 75.6 Å². The van der Waals surface area contributed by atoms with E-state index >= 15 is 0 Å². The number of rotatable bonds is 5. The van der Waals surface area contributed by atoms with Crippen LogP contribution in [-0.2, 0) is 14.8 Å². The standard InChI is InChI=1S/C24H31N3O4S/c1-18-16-27(17-19(2)31-18)32(29,30)23-8-6-7-20(15-23)24(28)25-21-9-11-22(12-10-21)26-13-4-3-5-14-26/h6-12,15,18-19H,3-5,13-14,16-17H2,1-2H3,(H,25,28). The predicted octanol–water partition coefficient (Wildman–Crippen LogP) is 3.73. The molecule has 4 rings (SSSR count). The van der Waals surface area contributed by atoms with Crippen LogP contribution in [0.5, 0.6) is 0 Å². The minimum atomic E-state index is -3.71. The minimum Gasteiger partial charge on any atom is -0.373 e. The third-order valence-electron chi connectivity index (χ3n) is 5.97. The van der Waals surface area contributed by atoms with E-state index in [-0.39, 0.29) is 23.0 Å². The van der Waals surface area contributed by atoms with E-state index in [2.05, 4.69) is 10.2 Å². The molecular weight excluding hydrogens is 426 g/mol. The molecule has 0 spiro atoms. The van der Waals surface area contributed by atoms with Crippen molar-refractivity contribution >= 4 is 27.3 Å². The van der Waals surface area contributed by atoms with Gasteiger partial charge in [-0.3, -0.25) is 4.79 Å². The summed E-state index contributed by atoms with van der Waals surface area (Å²) in [6.45, 7) is 6.44. The fourth-order valence-electron chi connectivity index (χ4n) is 4.38. The molecule has 0 bridgehead atoms. The molecule has 2 aliphatic heterocycles. The van der Waals surface area contributed by atoms with E-state index in [1.165, 1.54) is 35.7 Å². The van der Waals surface area contributed by atoms with Gasteiger partial charge in [0.05, 0.1) is 17.1 Å². The number of carbonyl (C=O) groups is 1. The molecule has 2 atom stereocenters. The van der Waals surface area contributed by atoms with Crippen molar-refractivity contribution in [1.29, 1.82) is 0 Å². The van der Waals surface area contributed by atoms with Gasteiger partial charge in [0.2, 0.25) is 10.0 Å². The molecule has 172 valence electrons. The molecule has 0 aliphatic carbocycles. The molecular formula is C24H31N3O4S. The lowest BCUT2D eigenvalue weighted by Crippen LogP contribution is -2.48. The van der Waals surface area contributed by atoms with Gasteiger partial charge in [-0.1, -0.05) is 6.07 Å². The van der Waals surface area contributed by atoms with Crippen LogP contribution in [0.4, 0.5) is 11.4 Å². The number of morpholine rings is 1. The van der Waals surface area contributed by atoms with Crippen molar-refractivity contribution in [2.45, 2.75) is 50.2 Å². The van der Waals surface area contributed by atoms with Crippen molar-refractivity contribution in [3.63, 3.8) is 0 Å². The number of piperidine rings is 1. The van der Waals surface area contributed by atoms with Gasteiger partial charge >= 0.3 is 0 Å². The summed E-state index contributed by atoms with van der Waals surface area (Å²) in [6, 6.07) is 14.0. The number of benzene rings is 2. The molecule has 2 aromatic carbocycles. The third kappa shape index (κ3) is 5.14. The molecule has 2 heterocycles. The van der Waals surface area contributed by atoms with E-state index in [4.69, 9.17) is 4.74 Å². The van der Waals surface area contributed by atoms with Crippen molar-refractivity contribution in [3.05, 3.63) is 54.1 Å². The van der Waals surface area contributed by atoms with Gasteiger partial charge in [-0.15, -0.1) is 0 Å². The van der Waals surface area contributed by atoms with Crippen molar-refractivity contribution in [3.8, 4) is 0 Å². The van der Waals surface area contributed by atoms with Gasteiger partial charge in [-0.25, -0.2) is 8.42 Å². The summed E-state index contributed by atoms with van der Waals surface area (Å²) in [5.74, 6) is -0.337. The quantitative estimate of drug-likeness (QED) is 0.740. The summed E-state index contributed by atoms with van der Waals surface area (Å²) in [5.41, 5.74) is 2.14. The molecule has 2 aromatic rings. The first-order valence-electron chi connectivity index (χ1n) is 11.2. The van der Waals surface area contributed by atoms with Crippen LogP contribution in [0.1, 0.15) is 43.5 Å². The van der Waals surface area contributed by atoms with Crippen LogP contribution >= 0.6 is 0 Å². The van der Waals surface area contributed by atoms with Gasteiger partial charge in [0.15, 0.2) is 0 Å². The van der Waals surface area contributed by atoms with Crippen LogP contribution in [0.2, 0.25) is 0 Å². The molecule has 2 fully saturated rings. The Kier molecular flexibility index (Phi) is 6.83. The topological polar surface area (TPSA) is 79.0 Å². The van der Waals surface area contributed by atoms with E-state index in [0.29, 0.717) is 24.3 Å². The average Bonchev–Trinajstić information content (AvgIpc) is 2.79. The SMILES string of the molecule is CC1CN(S(=O)(=O)c2cccc(C(=O)Nc3ccc(N4CCCCC4)cc3)c2)CC(C)O1. The normalized spacial score (nSPS) is 22.5. The summed E-state index contributed by atoms with van der Waals surface area (Å²) in [4.78, 5) is 15.3. The maximum Gasteiger partial charge on any atom is 0.255 e. The number of ether oxygens (including phenoxy) is 1. The van der Waals surface area contributed by atoms with Crippen LogP contribution in [0.3, 0.4) is 0 Å². The number of sulfonamides is 1. The van der Waals surface area contributed by atoms with Gasteiger partial charge in [-0.2, -0.15) is 4.31 Å². The highest BCUT2D eigenvalue weighted by Gasteiger charge is 2.32. The molecule has 0 saturated carbocycles. The Bertz CT molecular complexity index is 1040. The summed E-state index contributed by atoms with van der Waals surface area (Å²) in [6.07, 6.45) is 3.35. The average molecular weight is 458 g/mol. The Hall–Kier alpha value is -2.42. The number of amides is 1. The number of nitrogens with one attached hydrogen (secondary N) is 1. The van der Waals surface area contributed by atoms with Crippen LogP contribution < -0.4 is 10.2 Å². The fraction of sp³-hybridized carbons (Fsp3) is 0.458. The van der Waals surface area contributed by atoms with Gasteiger partial charge < -0.3 is 15.0 Å². The lowest BCUT2D eigenvalue weighted by atomic mass is 10.1. The van der Waals surface area contributed by atoms with Crippen LogP contribution in [0.25, 0.3) is 0 Å². The summed E-state index contributed by atoms with van der Waals surface area (Å²) in [5, 5.41) is 2.87. The van der Waals surface area contributed by atoms with E-state index < -0.39 is 10.0 Å². The van der Waals surface area contributed by atoms with E-state index in [9.17, 15) is 13.2 Å². The number of carbonyl (C=O) groups excluding carboxylic acids is 1. The molecule has 2 saturated heterocycles. The zero-order chi connectivity index (χ0) is 22.7. The lowest BCUT2D eigenvalue weighted by molar-refractivity contribution is -0.0440. The van der Waals surface area contributed by atoms with E-state index in [1.807, 2.05) is 38.1 Å². The second-order valence-corrected chi connectivity index (χ2v) is 10.6.